The first kappa shape index (κ1) is 13.3. The Morgan fingerprint density at radius 2 is 1.89 bits per heavy atom. The first-order valence-corrected chi connectivity index (χ1v) is 8.34. The molecule has 2 N–H and O–H groups in total. The monoisotopic (exact) mass is 280 g/mol. The lowest BCUT2D eigenvalue weighted by Gasteiger charge is -2.34. The summed E-state index contributed by atoms with van der Waals surface area (Å²) < 4.78 is 0. The zero-order chi connectivity index (χ0) is 13.1. The van der Waals surface area contributed by atoms with Gasteiger partial charge in [-0.05, 0) is 45.2 Å². The van der Waals surface area contributed by atoms with Crippen molar-refractivity contribution in [1.29, 1.82) is 0 Å². The van der Waals surface area contributed by atoms with E-state index in [1.807, 2.05) is 11.3 Å². The van der Waals surface area contributed by atoms with Gasteiger partial charge in [0.2, 0.25) is 0 Å². The first-order chi connectivity index (χ1) is 9.36. The molecule has 0 aromatic carbocycles. The van der Waals surface area contributed by atoms with Crippen LogP contribution in [0.5, 0.6) is 0 Å². The lowest BCUT2D eigenvalue weighted by Crippen LogP contribution is -2.46. The van der Waals surface area contributed by atoms with Crippen molar-refractivity contribution >= 4 is 16.5 Å². The summed E-state index contributed by atoms with van der Waals surface area (Å²) in [5.41, 5.74) is 6.96. The second-order valence-corrected chi connectivity index (χ2v) is 6.61. The lowest BCUT2D eigenvalue weighted by molar-refractivity contribution is 0.256. The van der Waals surface area contributed by atoms with Crippen LogP contribution in [-0.2, 0) is 12.8 Å². The fourth-order valence-corrected chi connectivity index (χ4v) is 4.15. The molecule has 19 heavy (non-hydrogen) atoms. The number of aromatic nitrogens is 1. The van der Waals surface area contributed by atoms with Crippen LogP contribution in [-0.4, -0.2) is 49.2 Å². The Bertz CT molecular complexity index is 386. The number of hydrogen-bond donors (Lipinski definition) is 1. The molecule has 3 rings (SSSR count). The molecule has 0 radical (unpaired) electrons. The number of thiazole rings is 1. The SMILES string of the molecule is NCCCN1CCN(c2nc3c(s2)CCCC3)CC1. The van der Waals surface area contributed by atoms with E-state index in [9.17, 15) is 0 Å². The van der Waals surface area contributed by atoms with Gasteiger partial charge in [-0.25, -0.2) is 4.98 Å². The molecule has 2 aliphatic rings. The van der Waals surface area contributed by atoms with Crippen LogP contribution in [0.4, 0.5) is 5.13 Å². The van der Waals surface area contributed by atoms with Crippen LogP contribution in [0.25, 0.3) is 0 Å². The number of fused-ring (bicyclic) bond motifs is 1. The topological polar surface area (TPSA) is 45.4 Å². The number of piperazine rings is 1. The molecule has 0 unspecified atom stereocenters. The Morgan fingerprint density at radius 1 is 1.11 bits per heavy atom. The Labute approximate surface area is 119 Å². The Hall–Kier alpha value is -0.650. The fraction of sp³-hybridized carbons (Fsp3) is 0.786. The number of nitrogens with two attached hydrogens (primary N) is 1. The van der Waals surface area contributed by atoms with Crippen LogP contribution < -0.4 is 10.6 Å². The molecule has 1 aliphatic heterocycles. The molecule has 1 aromatic heterocycles. The minimum Gasteiger partial charge on any atom is -0.346 e. The summed E-state index contributed by atoms with van der Waals surface area (Å²) in [4.78, 5) is 11.4. The van der Waals surface area contributed by atoms with Crippen LogP contribution in [0.3, 0.4) is 0 Å². The highest BCUT2D eigenvalue weighted by Crippen LogP contribution is 2.32. The summed E-state index contributed by atoms with van der Waals surface area (Å²) in [7, 11) is 0. The summed E-state index contributed by atoms with van der Waals surface area (Å²) in [5, 5.41) is 1.27. The molecule has 5 heteroatoms. The average Bonchev–Trinajstić information content (AvgIpc) is 2.89. The third-order valence-electron chi connectivity index (χ3n) is 4.16. The largest absolute Gasteiger partial charge is 0.346 e. The molecule has 0 atom stereocenters. The van der Waals surface area contributed by atoms with Gasteiger partial charge in [0, 0.05) is 31.1 Å². The molecular formula is C14H24N4S. The maximum atomic E-state index is 5.57. The quantitative estimate of drug-likeness (QED) is 0.908. The van der Waals surface area contributed by atoms with Gasteiger partial charge in [-0.1, -0.05) is 0 Å². The number of anilines is 1. The molecule has 1 saturated heterocycles. The van der Waals surface area contributed by atoms with Gasteiger partial charge in [0.05, 0.1) is 5.69 Å². The highest BCUT2D eigenvalue weighted by molar-refractivity contribution is 7.15. The molecule has 0 bridgehead atoms. The van der Waals surface area contributed by atoms with Gasteiger partial charge in [-0.3, -0.25) is 4.90 Å². The number of nitrogens with zero attached hydrogens (tertiary/aromatic N) is 3. The van der Waals surface area contributed by atoms with E-state index in [0.29, 0.717) is 0 Å². The standard InChI is InChI=1S/C14H24N4S/c15-6-3-7-17-8-10-18(11-9-17)14-16-12-4-1-2-5-13(12)19-14/h1-11,15H2. The predicted octanol–water partition coefficient (Wildman–Crippen LogP) is 1.49. The van der Waals surface area contributed by atoms with Gasteiger partial charge in [0.15, 0.2) is 5.13 Å². The predicted molar refractivity (Wildman–Crippen MR) is 81.1 cm³/mol. The minimum atomic E-state index is 0.805. The highest BCUT2D eigenvalue weighted by Gasteiger charge is 2.22. The Kier molecular flexibility index (Phi) is 4.35. The van der Waals surface area contributed by atoms with Crippen molar-refractivity contribution in [3.05, 3.63) is 10.6 Å². The van der Waals surface area contributed by atoms with Gasteiger partial charge in [0.1, 0.15) is 0 Å². The van der Waals surface area contributed by atoms with Gasteiger partial charge in [0.25, 0.3) is 0 Å². The maximum absolute atomic E-state index is 5.57. The molecular weight excluding hydrogens is 256 g/mol. The van der Waals surface area contributed by atoms with Gasteiger partial charge in [-0.15, -0.1) is 11.3 Å². The molecule has 2 heterocycles. The van der Waals surface area contributed by atoms with Crippen molar-refractivity contribution < 1.29 is 0 Å². The van der Waals surface area contributed by atoms with E-state index in [1.165, 1.54) is 36.5 Å². The van der Waals surface area contributed by atoms with Crippen LogP contribution in [0.15, 0.2) is 0 Å². The molecule has 0 amide bonds. The van der Waals surface area contributed by atoms with E-state index in [0.717, 1.165) is 45.7 Å². The van der Waals surface area contributed by atoms with E-state index in [2.05, 4.69) is 9.80 Å². The molecule has 1 fully saturated rings. The zero-order valence-electron chi connectivity index (χ0n) is 11.6. The number of hydrogen-bond acceptors (Lipinski definition) is 5. The van der Waals surface area contributed by atoms with Crippen molar-refractivity contribution in [2.45, 2.75) is 32.1 Å². The van der Waals surface area contributed by atoms with Crippen LogP contribution in [0.1, 0.15) is 29.8 Å². The van der Waals surface area contributed by atoms with Crippen molar-refractivity contribution in [1.82, 2.24) is 9.88 Å². The second kappa shape index (κ2) is 6.20. The fourth-order valence-electron chi connectivity index (χ4n) is 2.95. The van der Waals surface area contributed by atoms with E-state index in [4.69, 9.17) is 10.7 Å². The first-order valence-electron chi connectivity index (χ1n) is 7.53. The summed E-state index contributed by atoms with van der Waals surface area (Å²) in [6, 6.07) is 0. The molecule has 0 saturated carbocycles. The van der Waals surface area contributed by atoms with E-state index >= 15 is 0 Å². The van der Waals surface area contributed by atoms with Crippen molar-refractivity contribution in [2.75, 3.05) is 44.2 Å². The van der Waals surface area contributed by atoms with Gasteiger partial charge in [-0.2, -0.15) is 0 Å². The Morgan fingerprint density at radius 3 is 2.63 bits per heavy atom. The third kappa shape index (κ3) is 3.09. The normalized spacial score (nSPS) is 20.6. The zero-order valence-corrected chi connectivity index (χ0v) is 12.4. The van der Waals surface area contributed by atoms with Crippen molar-refractivity contribution in [3.63, 3.8) is 0 Å². The third-order valence-corrected chi connectivity index (χ3v) is 5.37. The summed E-state index contributed by atoms with van der Waals surface area (Å²) in [6.07, 6.45) is 6.24. The molecule has 0 spiro atoms. The molecule has 1 aliphatic carbocycles. The second-order valence-electron chi connectivity index (χ2n) is 5.54. The van der Waals surface area contributed by atoms with Crippen LogP contribution >= 0.6 is 11.3 Å². The minimum absolute atomic E-state index is 0.805. The maximum Gasteiger partial charge on any atom is 0.185 e. The average molecular weight is 280 g/mol. The van der Waals surface area contributed by atoms with E-state index < -0.39 is 0 Å². The summed E-state index contributed by atoms with van der Waals surface area (Å²) >= 11 is 1.94. The van der Waals surface area contributed by atoms with Gasteiger partial charge < -0.3 is 10.6 Å². The van der Waals surface area contributed by atoms with Crippen molar-refractivity contribution in [2.24, 2.45) is 5.73 Å². The summed E-state index contributed by atoms with van der Waals surface area (Å²) in [6.45, 7) is 6.51. The Balaban J connectivity index is 1.57. The molecule has 4 nitrogen and oxygen atoms in total. The van der Waals surface area contributed by atoms with E-state index in [-0.39, 0.29) is 0 Å². The molecule has 106 valence electrons. The lowest BCUT2D eigenvalue weighted by atomic mass is 10.0. The number of aryl methyl sites for hydroxylation is 2. The molecule has 1 aromatic rings. The van der Waals surface area contributed by atoms with Crippen LogP contribution in [0.2, 0.25) is 0 Å². The smallest absolute Gasteiger partial charge is 0.185 e. The summed E-state index contributed by atoms with van der Waals surface area (Å²) in [5.74, 6) is 0. The van der Waals surface area contributed by atoms with E-state index in [1.54, 1.807) is 4.88 Å². The van der Waals surface area contributed by atoms with Crippen LogP contribution in [0, 0.1) is 0 Å². The van der Waals surface area contributed by atoms with Gasteiger partial charge >= 0.3 is 0 Å². The highest BCUT2D eigenvalue weighted by atomic mass is 32.1. The van der Waals surface area contributed by atoms with Crippen molar-refractivity contribution in [3.8, 4) is 0 Å². The number of rotatable bonds is 4.